The van der Waals surface area contributed by atoms with Crippen molar-refractivity contribution in [2.75, 3.05) is 5.32 Å². The molecule has 1 unspecified atom stereocenters. The first-order valence-electron chi connectivity index (χ1n) is 7.71. The van der Waals surface area contributed by atoms with Crippen LogP contribution in [0.1, 0.15) is 13.0 Å². The van der Waals surface area contributed by atoms with Crippen LogP contribution in [0.4, 0.5) is 5.69 Å². The topological polar surface area (TPSA) is 76.9 Å². The van der Waals surface area contributed by atoms with Crippen LogP contribution in [0.3, 0.4) is 0 Å². The monoisotopic (exact) mass is 388 g/mol. The number of aromatic nitrogens is 3. The second-order valence-corrected chi connectivity index (χ2v) is 6.43. The number of nitrogens with zero attached hydrogens (tertiary/aromatic N) is 3. The summed E-state index contributed by atoms with van der Waals surface area (Å²) in [6, 6.07) is 10.4. The fourth-order valence-electron chi connectivity index (χ4n) is 2.36. The Kier molecular flexibility index (Phi) is 5.35. The van der Waals surface area contributed by atoms with Gasteiger partial charge >= 0.3 is 0 Å². The zero-order valence-corrected chi connectivity index (χ0v) is 15.2. The summed E-state index contributed by atoms with van der Waals surface area (Å²) in [5.41, 5.74) is 1.42. The first-order chi connectivity index (χ1) is 12.4. The number of pyridine rings is 1. The van der Waals surface area contributed by atoms with Crippen LogP contribution in [0.2, 0.25) is 10.0 Å². The van der Waals surface area contributed by atoms with Crippen molar-refractivity contribution in [1.82, 2.24) is 14.8 Å². The van der Waals surface area contributed by atoms with E-state index in [0.717, 1.165) is 10.2 Å². The highest BCUT2D eigenvalue weighted by Crippen LogP contribution is 2.23. The molecule has 0 aliphatic rings. The summed E-state index contributed by atoms with van der Waals surface area (Å²) in [7, 11) is 0. The molecule has 0 aliphatic carbocycles. The van der Waals surface area contributed by atoms with Gasteiger partial charge in [-0.1, -0.05) is 23.2 Å². The number of hydrogen-bond donors (Lipinski definition) is 1. The largest absolute Gasteiger partial charge is 0.324 e. The van der Waals surface area contributed by atoms with Crippen LogP contribution in [0.25, 0.3) is 11.3 Å². The third-order valence-corrected chi connectivity index (χ3v) is 4.11. The lowest BCUT2D eigenvalue weighted by molar-refractivity contribution is -0.119. The van der Waals surface area contributed by atoms with Crippen LogP contribution in [-0.4, -0.2) is 20.7 Å². The molecule has 132 valence electrons. The van der Waals surface area contributed by atoms with Gasteiger partial charge in [0, 0.05) is 39.8 Å². The van der Waals surface area contributed by atoms with E-state index in [0.29, 0.717) is 21.4 Å². The number of carbonyl (C=O) groups excluding carboxylic acids is 1. The van der Waals surface area contributed by atoms with E-state index in [4.69, 9.17) is 23.2 Å². The molecule has 0 bridgehead atoms. The molecule has 3 rings (SSSR count). The molecule has 2 aromatic heterocycles. The van der Waals surface area contributed by atoms with Crippen molar-refractivity contribution in [1.29, 1.82) is 0 Å². The standard InChI is InChI=1S/C18H14Cl2N4O2/c1-11(18(26)22-15-9-13(19)8-14(20)10-15)24-17(25)3-2-16(23-24)12-4-6-21-7-5-12/h2-11H,1H3,(H,22,26). The third-order valence-electron chi connectivity index (χ3n) is 3.68. The lowest BCUT2D eigenvalue weighted by Crippen LogP contribution is -2.33. The van der Waals surface area contributed by atoms with E-state index >= 15 is 0 Å². The van der Waals surface area contributed by atoms with E-state index in [-0.39, 0.29) is 5.56 Å². The van der Waals surface area contributed by atoms with Crippen molar-refractivity contribution in [3.05, 3.63) is 75.3 Å². The Balaban J connectivity index is 1.88. The summed E-state index contributed by atoms with van der Waals surface area (Å²) >= 11 is 11.9. The molecule has 1 aromatic carbocycles. The number of benzene rings is 1. The highest BCUT2D eigenvalue weighted by Gasteiger charge is 2.18. The van der Waals surface area contributed by atoms with Crippen LogP contribution < -0.4 is 10.9 Å². The van der Waals surface area contributed by atoms with Gasteiger partial charge in [-0.3, -0.25) is 14.6 Å². The van der Waals surface area contributed by atoms with E-state index in [1.165, 1.54) is 6.07 Å². The average Bonchev–Trinajstić information content (AvgIpc) is 2.61. The van der Waals surface area contributed by atoms with Gasteiger partial charge in [-0.15, -0.1) is 0 Å². The summed E-state index contributed by atoms with van der Waals surface area (Å²) in [4.78, 5) is 28.7. The first-order valence-corrected chi connectivity index (χ1v) is 8.47. The summed E-state index contributed by atoms with van der Waals surface area (Å²) in [6.07, 6.45) is 3.26. The fourth-order valence-corrected chi connectivity index (χ4v) is 2.89. The molecule has 0 spiro atoms. The number of anilines is 1. The van der Waals surface area contributed by atoms with Crippen molar-refractivity contribution in [2.45, 2.75) is 13.0 Å². The summed E-state index contributed by atoms with van der Waals surface area (Å²) in [5, 5.41) is 7.79. The summed E-state index contributed by atoms with van der Waals surface area (Å²) < 4.78 is 1.14. The molecular weight excluding hydrogens is 375 g/mol. The molecule has 0 fully saturated rings. The number of nitrogens with one attached hydrogen (secondary N) is 1. The maximum atomic E-state index is 12.5. The van der Waals surface area contributed by atoms with Gasteiger partial charge in [-0.05, 0) is 43.3 Å². The molecule has 0 saturated carbocycles. The Labute approximate surface area is 159 Å². The summed E-state index contributed by atoms with van der Waals surface area (Å²) in [5.74, 6) is -0.412. The van der Waals surface area contributed by atoms with E-state index in [1.54, 1.807) is 55.7 Å². The Morgan fingerprint density at radius 3 is 2.38 bits per heavy atom. The van der Waals surface area contributed by atoms with Gasteiger partial charge in [0.1, 0.15) is 6.04 Å². The van der Waals surface area contributed by atoms with Crippen LogP contribution >= 0.6 is 23.2 Å². The average molecular weight is 389 g/mol. The lowest BCUT2D eigenvalue weighted by Gasteiger charge is -2.15. The van der Waals surface area contributed by atoms with Gasteiger partial charge in [-0.2, -0.15) is 5.10 Å². The van der Waals surface area contributed by atoms with Crippen LogP contribution in [0.15, 0.2) is 59.7 Å². The van der Waals surface area contributed by atoms with Crippen molar-refractivity contribution in [3.8, 4) is 11.3 Å². The van der Waals surface area contributed by atoms with E-state index in [9.17, 15) is 9.59 Å². The third kappa shape index (κ3) is 4.09. The Bertz CT molecular complexity index is 985. The van der Waals surface area contributed by atoms with Crippen molar-refractivity contribution in [2.24, 2.45) is 0 Å². The molecule has 0 radical (unpaired) electrons. The quantitative estimate of drug-likeness (QED) is 0.736. The van der Waals surface area contributed by atoms with E-state index in [1.807, 2.05) is 0 Å². The minimum atomic E-state index is -0.831. The molecule has 1 N–H and O–H groups in total. The van der Waals surface area contributed by atoms with Crippen molar-refractivity contribution in [3.63, 3.8) is 0 Å². The minimum Gasteiger partial charge on any atom is -0.324 e. The zero-order chi connectivity index (χ0) is 18.7. The number of carbonyl (C=O) groups is 1. The molecule has 0 aliphatic heterocycles. The van der Waals surface area contributed by atoms with E-state index < -0.39 is 11.9 Å². The smallest absolute Gasteiger partial charge is 0.267 e. The molecule has 2 heterocycles. The summed E-state index contributed by atoms with van der Waals surface area (Å²) in [6.45, 7) is 1.59. The first kappa shape index (κ1) is 18.1. The highest BCUT2D eigenvalue weighted by molar-refractivity contribution is 6.35. The van der Waals surface area contributed by atoms with E-state index in [2.05, 4.69) is 15.4 Å². The highest BCUT2D eigenvalue weighted by atomic mass is 35.5. The second kappa shape index (κ2) is 7.68. The predicted octanol–water partition coefficient (Wildman–Crippen LogP) is 3.81. The van der Waals surface area contributed by atoms with Gasteiger partial charge < -0.3 is 5.32 Å². The van der Waals surface area contributed by atoms with Gasteiger partial charge in [0.15, 0.2) is 0 Å². The molecule has 6 nitrogen and oxygen atoms in total. The SMILES string of the molecule is CC(C(=O)Nc1cc(Cl)cc(Cl)c1)n1nc(-c2ccncc2)ccc1=O. The van der Waals surface area contributed by atoms with Gasteiger partial charge in [0.05, 0.1) is 5.69 Å². The number of amides is 1. The van der Waals surface area contributed by atoms with Gasteiger partial charge in [0.2, 0.25) is 5.91 Å². The number of rotatable bonds is 4. The van der Waals surface area contributed by atoms with Crippen molar-refractivity contribution >= 4 is 34.8 Å². The molecule has 3 aromatic rings. The predicted molar refractivity (Wildman–Crippen MR) is 102 cm³/mol. The number of hydrogen-bond acceptors (Lipinski definition) is 4. The zero-order valence-electron chi connectivity index (χ0n) is 13.7. The molecule has 1 amide bonds. The maximum Gasteiger partial charge on any atom is 0.267 e. The molecular formula is C18H14Cl2N4O2. The number of halogens is 2. The Morgan fingerprint density at radius 1 is 1.08 bits per heavy atom. The normalized spacial score (nSPS) is 11.8. The molecule has 26 heavy (non-hydrogen) atoms. The fraction of sp³-hybridized carbons (Fsp3) is 0.111. The van der Waals surface area contributed by atoms with Gasteiger partial charge in [0.25, 0.3) is 5.56 Å². The molecule has 1 atom stereocenters. The van der Waals surface area contributed by atoms with Crippen LogP contribution in [0.5, 0.6) is 0 Å². The van der Waals surface area contributed by atoms with Crippen LogP contribution in [-0.2, 0) is 4.79 Å². The minimum absolute atomic E-state index is 0.380. The van der Waals surface area contributed by atoms with Crippen molar-refractivity contribution < 1.29 is 4.79 Å². The molecule has 0 saturated heterocycles. The Morgan fingerprint density at radius 2 is 1.73 bits per heavy atom. The second-order valence-electron chi connectivity index (χ2n) is 5.56. The van der Waals surface area contributed by atoms with Crippen LogP contribution in [0, 0.1) is 0 Å². The molecule has 8 heteroatoms. The lowest BCUT2D eigenvalue weighted by atomic mass is 10.2. The van der Waals surface area contributed by atoms with Gasteiger partial charge in [-0.25, -0.2) is 4.68 Å². The maximum absolute atomic E-state index is 12.5. The Hall–Kier alpha value is -2.70.